The summed E-state index contributed by atoms with van der Waals surface area (Å²) in [6.45, 7) is 3.34. The fourth-order valence-corrected chi connectivity index (χ4v) is 4.57. The van der Waals surface area contributed by atoms with Crippen LogP contribution in [0.25, 0.3) is 0 Å². The molecule has 2 aliphatic heterocycles. The first-order chi connectivity index (χ1) is 15.4. The Morgan fingerprint density at radius 3 is 2.34 bits per heavy atom. The first kappa shape index (κ1) is 22.1. The van der Waals surface area contributed by atoms with Gasteiger partial charge in [0, 0.05) is 45.1 Å². The highest BCUT2D eigenvalue weighted by atomic mass is 32.2. The second kappa shape index (κ2) is 9.59. The van der Waals surface area contributed by atoms with Gasteiger partial charge in [-0.25, -0.2) is 13.1 Å². The maximum absolute atomic E-state index is 12.5. The van der Waals surface area contributed by atoms with Gasteiger partial charge in [0.2, 0.25) is 21.8 Å². The van der Waals surface area contributed by atoms with E-state index in [-0.39, 0.29) is 36.1 Å². The van der Waals surface area contributed by atoms with E-state index in [4.69, 9.17) is 4.74 Å². The molecule has 1 aromatic carbocycles. The van der Waals surface area contributed by atoms with Crippen LogP contribution in [0.15, 0.2) is 41.4 Å². The van der Waals surface area contributed by atoms with Crippen LogP contribution in [0.4, 0.5) is 17.2 Å². The summed E-state index contributed by atoms with van der Waals surface area (Å²) in [5, 5.41) is 11.1. The number of carbonyl (C=O) groups is 2. The van der Waals surface area contributed by atoms with Gasteiger partial charge >= 0.3 is 0 Å². The number of benzene rings is 1. The van der Waals surface area contributed by atoms with Crippen LogP contribution in [-0.2, 0) is 24.3 Å². The summed E-state index contributed by atoms with van der Waals surface area (Å²) in [6.07, 6.45) is 2.03. The summed E-state index contributed by atoms with van der Waals surface area (Å²) in [5.41, 5.74) is 1.30. The Labute approximate surface area is 185 Å². The zero-order valence-electron chi connectivity index (χ0n) is 17.4. The molecule has 0 saturated carbocycles. The average molecular weight is 461 g/mol. The summed E-state index contributed by atoms with van der Waals surface area (Å²) in [5.74, 6) is -0.0105. The molecule has 2 N–H and O–H groups in total. The minimum Gasteiger partial charge on any atom is -0.378 e. The molecule has 32 heavy (non-hydrogen) atoms. The van der Waals surface area contributed by atoms with Crippen LogP contribution >= 0.6 is 0 Å². The maximum atomic E-state index is 12.5. The van der Waals surface area contributed by atoms with Crippen molar-refractivity contribution >= 4 is 39.0 Å². The third-order valence-corrected chi connectivity index (χ3v) is 6.67. The molecule has 170 valence electrons. The lowest BCUT2D eigenvalue weighted by molar-refractivity contribution is -0.121. The SMILES string of the molecule is O=C1CCC(=O)N1c1ccc(S(=O)(=O)NCCNc2cc(N3CCOCC3)cnn2)cc1. The van der Waals surface area contributed by atoms with E-state index in [0.717, 1.165) is 23.7 Å². The minimum atomic E-state index is -3.74. The first-order valence-corrected chi connectivity index (χ1v) is 11.8. The Hall–Kier alpha value is -3.09. The summed E-state index contributed by atoms with van der Waals surface area (Å²) in [7, 11) is -3.74. The molecule has 2 aliphatic rings. The Morgan fingerprint density at radius 2 is 1.66 bits per heavy atom. The Morgan fingerprint density at radius 1 is 0.969 bits per heavy atom. The molecule has 1 aromatic heterocycles. The molecular formula is C20H24N6O5S. The highest BCUT2D eigenvalue weighted by Crippen LogP contribution is 2.24. The largest absolute Gasteiger partial charge is 0.378 e. The summed E-state index contributed by atoms with van der Waals surface area (Å²) in [4.78, 5) is 26.9. The van der Waals surface area contributed by atoms with E-state index in [1.807, 2.05) is 6.07 Å². The van der Waals surface area contributed by atoms with Crippen LogP contribution < -0.4 is 19.8 Å². The molecule has 2 amide bonds. The molecule has 12 heteroatoms. The standard InChI is InChI=1S/C20H24N6O5S/c27-19-5-6-20(28)26(19)15-1-3-17(4-2-15)32(29,30)23-8-7-21-18-13-16(14-22-24-18)25-9-11-31-12-10-25/h1-4,13-14,23H,5-12H2,(H,21,24). The normalized spacial score (nSPS) is 17.1. The van der Waals surface area contributed by atoms with Crippen molar-refractivity contribution < 1.29 is 22.7 Å². The second-order valence-corrected chi connectivity index (χ2v) is 9.11. The van der Waals surface area contributed by atoms with E-state index in [1.54, 1.807) is 6.20 Å². The number of ether oxygens (including phenoxy) is 1. The topological polar surface area (TPSA) is 134 Å². The summed E-state index contributed by atoms with van der Waals surface area (Å²) >= 11 is 0. The number of amides is 2. The van der Waals surface area contributed by atoms with Gasteiger partial charge in [0.05, 0.1) is 35.7 Å². The number of aromatic nitrogens is 2. The molecule has 0 atom stereocenters. The monoisotopic (exact) mass is 460 g/mol. The highest BCUT2D eigenvalue weighted by Gasteiger charge is 2.30. The number of nitrogens with zero attached hydrogens (tertiary/aromatic N) is 4. The van der Waals surface area contributed by atoms with Gasteiger partial charge in [-0.2, -0.15) is 5.10 Å². The zero-order chi connectivity index (χ0) is 22.6. The van der Waals surface area contributed by atoms with Gasteiger partial charge in [0.25, 0.3) is 0 Å². The van der Waals surface area contributed by atoms with E-state index in [0.29, 0.717) is 31.3 Å². The van der Waals surface area contributed by atoms with Crippen molar-refractivity contribution in [3.8, 4) is 0 Å². The molecule has 0 aliphatic carbocycles. The number of anilines is 3. The maximum Gasteiger partial charge on any atom is 0.240 e. The van der Waals surface area contributed by atoms with Gasteiger partial charge in [-0.1, -0.05) is 0 Å². The summed E-state index contributed by atoms with van der Waals surface area (Å²) in [6, 6.07) is 7.54. The van der Waals surface area contributed by atoms with E-state index in [2.05, 4.69) is 25.1 Å². The van der Waals surface area contributed by atoms with Gasteiger partial charge in [-0.15, -0.1) is 5.10 Å². The minimum absolute atomic E-state index is 0.0504. The molecule has 2 aromatic rings. The molecule has 3 heterocycles. The predicted molar refractivity (Wildman–Crippen MR) is 117 cm³/mol. The van der Waals surface area contributed by atoms with Crippen molar-refractivity contribution in [1.29, 1.82) is 0 Å². The Kier molecular flexibility index (Phi) is 6.63. The molecule has 11 nitrogen and oxygen atoms in total. The molecule has 0 radical (unpaired) electrons. The fourth-order valence-electron chi connectivity index (χ4n) is 3.54. The second-order valence-electron chi connectivity index (χ2n) is 7.34. The van der Waals surface area contributed by atoms with E-state index < -0.39 is 10.0 Å². The number of sulfonamides is 1. The Bertz CT molecular complexity index is 1070. The number of hydrogen-bond acceptors (Lipinski definition) is 9. The van der Waals surface area contributed by atoms with Crippen molar-refractivity contribution in [1.82, 2.24) is 14.9 Å². The van der Waals surface area contributed by atoms with E-state index in [1.165, 1.54) is 24.3 Å². The lowest BCUT2D eigenvalue weighted by Crippen LogP contribution is -2.36. The van der Waals surface area contributed by atoms with Crippen LogP contribution in [0.5, 0.6) is 0 Å². The van der Waals surface area contributed by atoms with Gasteiger partial charge < -0.3 is 15.0 Å². The van der Waals surface area contributed by atoms with Crippen LogP contribution in [0.1, 0.15) is 12.8 Å². The first-order valence-electron chi connectivity index (χ1n) is 10.3. The number of rotatable bonds is 8. The molecule has 0 unspecified atom stereocenters. The third kappa shape index (κ3) is 5.03. The highest BCUT2D eigenvalue weighted by molar-refractivity contribution is 7.89. The zero-order valence-corrected chi connectivity index (χ0v) is 18.2. The lowest BCUT2D eigenvalue weighted by Gasteiger charge is -2.28. The number of hydrogen-bond donors (Lipinski definition) is 2. The molecule has 2 fully saturated rings. The molecule has 4 rings (SSSR count). The molecule has 0 bridgehead atoms. The van der Waals surface area contributed by atoms with Crippen LogP contribution in [0.3, 0.4) is 0 Å². The predicted octanol–water partition coefficient (Wildman–Crippen LogP) is 0.357. The van der Waals surface area contributed by atoms with Crippen molar-refractivity contribution in [3.63, 3.8) is 0 Å². The quantitative estimate of drug-likeness (QED) is 0.423. The smallest absolute Gasteiger partial charge is 0.240 e. The Balaban J connectivity index is 1.30. The van der Waals surface area contributed by atoms with E-state index in [9.17, 15) is 18.0 Å². The van der Waals surface area contributed by atoms with Crippen molar-refractivity contribution in [2.24, 2.45) is 0 Å². The number of nitrogens with one attached hydrogen (secondary N) is 2. The fraction of sp³-hybridized carbons (Fsp3) is 0.400. The van der Waals surface area contributed by atoms with Gasteiger partial charge in [-0.05, 0) is 24.3 Å². The van der Waals surface area contributed by atoms with Crippen LogP contribution in [0.2, 0.25) is 0 Å². The van der Waals surface area contributed by atoms with E-state index >= 15 is 0 Å². The lowest BCUT2D eigenvalue weighted by atomic mass is 10.3. The molecule has 2 saturated heterocycles. The van der Waals surface area contributed by atoms with Crippen LogP contribution in [0, 0.1) is 0 Å². The van der Waals surface area contributed by atoms with Gasteiger partial charge in [-0.3, -0.25) is 14.5 Å². The molecular weight excluding hydrogens is 436 g/mol. The number of imide groups is 1. The van der Waals surface area contributed by atoms with Crippen LogP contribution in [-0.4, -0.2) is 69.8 Å². The molecule has 0 spiro atoms. The van der Waals surface area contributed by atoms with Crippen molar-refractivity contribution in [3.05, 3.63) is 36.5 Å². The number of morpholine rings is 1. The van der Waals surface area contributed by atoms with Crippen molar-refractivity contribution in [2.45, 2.75) is 17.7 Å². The van der Waals surface area contributed by atoms with Crippen molar-refractivity contribution in [2.75, 3.05) is 54.5 Å². The van der Waals surface area contributed by atoms with Gasteiger partial charge in [0.15, 0.2) is 5.82 Å². The average Bonchev–Trinajstić information content (AvgIpc) is 3.15. The number of carbonyl (C=O) groups excluding carboxylic acids is 2. The van der Waals surface area contributed by atoms with Gasteiger partial charge in [0.1, 0.15) is 0 Å². The third-order valence-electron chi connectivity index (χ3n) is 5.20. The summed E-state index contributed by atoms with van der Waals surface area (Å²) < 4.78 is 32.9.